The summed E-state index contributed by atoms with van der Waals surface area (Å²) in [5.41, 5.74) is 0. The number of rotatable bonds is 48. The van der Waals surface area contributed by atoms with Crippen LogP contribution in [-0.2, 0) is 28.6 Å². The van der Waals surface area contributed by atoms with Crippen molar-refractivity contribution in [1.82, 2.24) is 0 Å². The Kier molecular flexibility index (Phi) is 49.9. The maximum absolute atomic E-state index is 12.7. The number of unbranched alkanes of at least 4 members (excludes halogenated alkanes) is 25. The van der Waals surface area contributed by atoms with Gasteiger partial charge in [-0.05, 0) is 70.6 Å². The summed E-state index contributed by atoms with van der Waals surface area (Å²) in [6.45, 7) is 6.44. The number of hydrogen-bond donors (Lipinski definition) is 0. The average molecular weight is 893 g/mol. The maximum atomic E-state index is 12.7. The van der Waals surface area contributed by atoms with Crippen LogP contribution >= 0.6 is 0 Å². The van der Waals surface area contributed by atoms with Crippen LogP contribution in [0.4, 0.5) is 0 Å². The highest BCUT2D eigenvalue weighted by Gasteiger charge is 2.19. The van der Waals surface area contributed by atoms with Gasteiger partial charge in [-0.1, -0.05) is 241 Å². The van der Waals surface area contributed by atoms with Crippen LogP contribution in [-0.4, -0.2) is 37.2 Å². The Morgan fingerprint density at radius 2 is 0.609 bits per heavy atom. The maximum Gasteiger partial charge on any atom is 0.306 e. The number of esters is 3. The van der Waals surface area contributed by atoms with Crippen LogP contribution in [0.5, 0.6) is 0 Å². The van der Waals surface area contributed by atoms with Crippen LogP contribution in [0.25, 0.3) is 0 Å². The van der Waals surface area contributed by atoms with E-state index in [1.807, 2.05) is 0 Å². The minimum atomic E-state index is -0.769. The summed E-state index contributed by atoms with van der Waals surface area (Å²) in [5, 5.41) is 0. The highest BCUT2D eigenvalue weighted by Crippen LogP contribution is 2.15. The Balaban J connectivity index is 4.04. The average Bonchev–Trinajstić information content (AvgIpc) is 3.29. The van der Waals surface area contributed by atoms with Crippen LogP contribution in [0.2, 0.25) is 0 Å². The smallest absolute Gasteiger partial charge is 0.306 e. The van der Waals surface area contributed by atoms with Crippen molar-refractivity contribution in [3.8, 4) is 0 Å². The van der Waals surface area contributed by atoms with E-state index in [1.54, 1.807) is 0 Å². The lowest BCUT2D eigenvalue weighted by molar-refractivity contribution is -0.167. The van der Waals surface area contributed by atoms with E-state index in [2.05, 4.69) is 93.7 Å². The Bertz CT molecular complexity index is 1210. The van der Waals surface area contributed by atoms with Gasteiger partial charge in [0, 0.05) is 19.3 Å². The second-order valence-electron chi connectivity index (χ2n) is 17.8. The van der Waals surface area contributed by atoms with E-state index < -0.39 is 6.10 Å². The molecule has 1 atom stereocenters. The zero-order chi connectivity index (χ0) is 46.5. The molecule has 6 heteroatoms. The quantitative estimate of drug-likeness (QED) is 0.0262. The number of carbonyl (C=O) groups excluding carboxylic acids is 3. The second-order valence-corrected chi connectivity index (χ2v) is 17.8. The van der Waals surface area contributed by atoms with Gasteiger partial charge in [0.05, 0.1) is 0 Å². The van der Waals surface area contributed by atoms with Gasteiger partial charge in [0.2, 0.25) is 0 Å². The molecule has 0 amide bonds. The highest BCUT2D eigenvalue weighted by molar-refractivity contribution is 5.71. The fourth-order valence-electron chi connectivity index (χ4n) is 7.45. The van der Waals surface area contributed by atoms with Gasteiger partial charge in [0.1, 0.15) is 13.2 Å². The van der Waals surface area contributed by atoms with Crippen molar-refractivity contribution in [2.45, 2.75) is 264 Å². The molecule has 0 heterocycles. The molecule has 0 N–H and O–H groups in total. The Hall–Kier alpha value is -3.15. The van der Waals surface area contributed by atoms with E-state index in [4.69, 9.17) is 14.2 Å². The van der Waals surface area contributed by atoms with E-state index in [1.165, 1.54) is 116 Å². The van der Waals surface area contributed by atoms with Crippen LogP contribution < -0.4 is 0 Å². The van der Waals surface area contributed by atoms with E-state index >= 15 is 0 Å². The predicted octanol–water partition coefficient (Wildman–Crippen LogP) is 17.8. The number of hydrogen-bond acceptors (Lipinski definition) is 6. The molecule has 0 fully saturated rings. The molecule has 0 rings (SSSR count). The number of allylic oxidation sites excluding steroid dienone is 12. The van der Waals surface area contributed by atoms with Gasteiger partial charge in [-0.15, -0.1) is 0 Å². The predicted molar refractivity (Wildman–Crippen MR) is 274 cm³/mol. The van der Waals surface area contributed by atoms with E-state index in [-0.39, 0.29) is 31.1 Å². The highest BCUT2D eigenvalue weighted by atomic mass is 16.6. The monoisotopic (exact) mass is 893 g/mol. The SMILES string of the molecule is CC/C=C\C/C=C\C/C=C\C/C=C\C/C=C\C/C=C\CCCCCCCCCCCCC(=O)OCC(COC(=O)CCCCCCC)OC(=O)CCCCCCCCCCCCCC. The van der Waals surface area contributed by atoms with Crippen molar-refractivity contribution in [1.29, 1.82) is 0 Å². The third kappa shape index (κ3) is 49.9. The first-order valence-corrected chi connectivity index (χ1v) is 26.9. The summed E-state index contributed by atoms with van der Waals surface area (Å²) in [7, 11) is 0. The molecule has 0 aromatic rings. The molecule has 0 aliphatic rings. The van der Waals surface area contributed by atoms with Crippen molar-refractivity contribution in [3.05, 3.63) is 72.9 Å². The van der Waals surface area contributed by atoms with Crippen molar-refractivity contribution < 1.29 is 28.6 Å². The molecule has 0 saturated heterocycles. The molecule has 0 radical (unpaired) electrons. The van der Waals surface area contributed by atoms with Gasteiger partial charge in [0.25, 0.3) is 0 Å². The van der Waals surface area contributed by atoms with Crippen molar-refractivity contribution in [3.63, 3.8) is 0 Å². The third-order valence-electron chi connectivity index (χ3n) is 11.5. The lowest BCUT2D eigenvalue weighted by Crippen LogP contribution is -2.30. The molecular formula is C58H100O6. The number of carbonyl (C=O) groups is 3. The molecule has 0 aliphatic heterocycles. The molecule has 368 valence electrons. The molecule has 0 aromatic heterocycles. The van der Waals surface area contributed by atoms with Gasteiger partial charge >= 0.3 is 17.9 Å². The van der Waals surface area contributed by atoms with Gasteiger partial charge < -0.3 is 14.2 Å². The fraction of sp³-hybridized carbons (Fsp3) is 0.741. The molecular weight excluding hydrogens is 793 g/mol. The van der Waals surface area contributed by atoms with Crippen LogP contribution in [0.15, 0.2) is 72.9 Å². The molecule has 0 saturated carbocycles. The molecule has 1 unspecified atom stereocenters. The van der Waals surface area contributed by atoms with E-state index in [9.17, 15) is 14.4 Å². The van der Waals surface area contributed by atoms with Crippen LogP contribution in [0, 0.1) is 0 Å². The van der Waals surface area contributed by atoms with E-state index in [0.717, 1.165) is 103 Å². The molecule has 0 bridgehead atoms. The largest absolute Gasteiger partial charge is 0.462 e. The minimum absolute atomic E-state index is 0.0747. The normalized spacial score (nSPS) is 12.6. The van der Waals surface area contributed by atoms with Crippen molar-refractivity contribution in [2.75, 3.05) is 13.2 Å². The Morgan fingerprint density at radius 3 is 0.953 bits per heavy atom. The standard InChI is InChI=1S/C58H100O6/c1-4-7-10-13-15-17-19-21-22-23-24-25-26-27-28-29-30-31-32-33-34-35-36-37-39-40-42-45-48-51-57(60)63-54-55(53-62-56(59)50-47-44-12-9-6-3)64-58(61)52-49-46-43-41-38-20-18-16-14-11-8-5-2/h7,10,15,17,21-22,24-25,27-28,30-31,55H,4-6,8-9,11-14,16,18-20,23,26,29,32-54H2,1-3H3/b10-7-,17-15-,22-21-,25-24-,28-27-,31-30-. The van der Waals surface area contributed by atoms with Crippen LogP contribution in [0.1, 0.15) is 258 Å². The first-order valence-electron chi connectivity index (χ1n) is 26.9. The van der Waals surface area contributed by atoms with Gasteiger partial charge in [0.15, 0.2) is 6.10 Å². The first-order chi connectivity index (χ1) is 31.5. The molecule has 0 spiro atoms. The summed E-state index contributed by atoms with van der Waals surface area (Å²) in [6, 6.07) is 0. The topological polar surface area (TPSA) is 78.9 Å². The lowest BCUT2D eigenvalue weighted by Gasteiger charge is -2.18. The van der Waals surface area contributed by atoms with Crippen molar-refractivity contribution >= 4 is 17.9 Å². The molecule has 0 aromatic carbocycles. The van der Waals surface area contributed by atoms with Crippen molar-refractivity contribution in [2.24, 2.45) is 0 Å². The zero-order valence-corrected chi connectivity index (χ0v) is 42.0. The summed E-state index contributed by atoms with van der Waals surface area (Å²) < 4.78 is 16.7. The second kappa shape index (κ2) is 52.5. The van der Waals surface area contributed by atoms with Crippen LogP contribution in [0.3, 0.4) is 0 Å². The molecule has 6 nitrogen and oxygen atoms in total. The van der Waals surface area contributed by atoms with Gasteiger partial charge in [-0.25, -0.2) is 0 Å². The number of ether oxygens (including phenoxy) is 3. The third-order valence-corrected chi connectivity index (χ3v) is 11.5. The van der Waals surface area contributed by atoms with Gasteiger partial charge in [-0.3, -0.25) is 14.4 Å². The minimum Gasteiger partial charge on any atom is -0.462 e. The summed E-state index contributed by atoms with van der Waals surface area (Å²) in [6.07, 6.45) is 66.5. The first kappa shape index (κ1) is 60.9. The summed E-state index contributed by atoms with van der Waals surface area (Å²) >= 11 is 0. The Labute approximate surface area is 395 Å². The molecule has 0 aliphatic carbocycles. The summed E-state index contributed by atoms with van der Waals surface area (Å²) in [5.74, 6) is -0.889. The zero-order valence-electron chi connectivity index (χ0n) is 42.0. The van der Waals surface area contributed by atoms with E-state index in [0.29, 0.717) is 19.3 Å². The fourth-order valence-corrected chi connectivity index (χ4v) is 7.45. The summed E-state index contributed by atoms with van der Waals surface area (Å²) in [4.78, 5) is 37.6. The molecule has 64 heavy (non-hydrogen) atoms. The Morgan fingerprint density at radius 1 is 0.328 bits per heavy atom. The van der Waals surface area contributed by atoms with Gasteiger partial charge in [-0.2, -0.15) is 0 Å². The lowest BCUT2D eigenvalue weighted by atomic mass is 10.0.